The molecule has 2 aromatic heterocycles. The number of nitrogens with zero attached hydrogens (tertiary/aromatic N) is 1. The van der Waals surface area contributed by atoms with Gasteiger partial charge in [0.05, 0.1) is 5.69 Å². The smallest absolute Gasteiger partial charge is 0.251 e. The number of benzene rings is 1. The van der Waals surface area contributed by atoms with Crippen molar-refractivity contribution in [3.05, 3.63) is 70.5 Å². The monoisotopic (exact) mass is 351 g/mol. The molecule has 2 amide bonds. The molecular weight excluding hydrogens is 334 g/mol. The Kier molecular flexibility index (Phi) is 5.20. The molecule has 0 bridgehead atoms. The molecule has 0 saturated heterocycles. The topological polar surface area (TPSA) is 71.1 Å². The molecule has 6 heteroatoms. The van der Waals surface area contributed by atoms with Crippen molar-refractivity contribution in [3.63, 3.8) is 0 Å². The number of anilines is 1. The van der Waals surface area contributed by atoms with Crippen LogP contribution in [0.5, 0.6) is 0 Å². The first kappa shape index (κ1) is 16.9. The van der Waals surface area contributed by atoms with Crippen molar-refractivity contribution in [3.8, 4) is 11.3 Å². The van der Waals surface area contributed by atoms with Gasteiger partial charge >= 0.3 is 0 Å². The van der Waals surface area contributed by atoms with E-state index < -0.39 is 0 Å². The highest BCUT2D eigenvalue weighted by Gasteiger charge is 2.07. The molecule has 0 unspecified atom stereocenters. The van der Waals surface area contributed by atoms with Crippen LogP contribution in [-0.2, 0) is 11.3 Å². The van der Waals surface area contributed by atoms with E-state index in [1.54, 1.807) is 41.8 Å². The number of aromatic nitrogens is 1. The van der Waals surface area contributed by atoms with Crippen molar-refractivity contribution in [2.45, 2.75) is 13.5 Å². The van der Waals surface area contributed by atoms with Gasteiger partial charge in [-0.15, -0.1) is 0 Å². The number of hydrogen-bond acceptors (Lipinski definition) is 4. The van der Waals surface area contributed by atoms with E-state index in [0.29, 0.717) is 17.8 Å². The van der Waals surface area contributed by atoms with Gasteiger partial charge in [-0.05, 0) is 53.4 Å². The molecule has 1 aromatic carbocycles. The second kappa shape index (κ2) is 7.72. The minimum Gasteiger partial charge on any atom is -0.348 e. The van der Waals surface area contributed by atoms with Crippen molar-refractivity contribution in [2.24, 2.45) is 0 Å². The molecule has 0 saturated carbocycles. The fourth-order valence-corrected chi connectivity index (χ4v) is 2.99. The van der Waals surface area contributed by atoms with Crippen molar-refractivity contribution in [1.82, 2.24) is 10.3 Å². The molecule has 3 aromatic rings. The van der Waals surface area contributed by atoms with Gasteiger partial charge in [-0.1, -0.05) is 0 Å². The molecule has 0 aliphatic rings. The largest absolute Gasteiger partial charge is 0.348 e. The third kappa shape index (κ3) is 4.51. The van der Waals surface area contributed by atoms with Gasteiger partial charge in [0.15, 0.2) is 0 Å². The predicted molar refractivity (Wildman–Crippen MR) is 99.5 cm³/mol. The number of rotatable bonds is 5. The highest BCUT2D eigenvalue weighted by atomic mass is 32.1. The van der Waals surface area contributed by atoms with Crippen LogP contribution >= 0.6 is 11.3 Å². The lowest BCUT2D eigenvalue weighted by atomic mass is 10.1. The number of hydrogen-bond donors (Lipinski definition) is 2. The number of amides is 2. The third-order valence-corrected chi connectivity index (χ3v) is 4.25. The lowest BCUT2D eigenvalue weighted by Gasteiger charge is -2.08. The number of nitrogens with one attached hydrogen (secondary N) is 2. The highest BCUT2D eigenvalue weighted by Crippen LogP contribution is 2.20. The Morgan fingerprint density at radius 1 is 1.12 bits per heavy atom. The summed E-state index contributed by atoms with van der Waals surface area (Å²) < 4.78 is 0. The van der Waals surface area contributed by atoms with Gasteiger partial charge in [0.2, 0.25) is 5.91 Å². The van der Waals surface area contributed by atoms with Gasteiger partial charge in [0.25, 0.3) is 5.91 Å². The van der Waals surface area contributed by atoms with Crippen LogP contribution in [0.15, 0.2) is 59.4 Å². The molecule has 3 rings (SSSR count). The summed E-state index contributed by atoms with van der Waals surface area (Å²) in [5, 5.41) is 9.62. The summed E-state index contributed by atoms with van der Waals surface area (Å²) in [7, 11) is 0. The average molecular weight is 351 g/mol. The van der Waals surface area contributed by atoms with Crippen LogP contribution in [-0.4, -0.2) is 16.8 Å². The van der Waals surface area contributed by atoms with E-state index in [1.165, 1.54) is 6.92 Å². The maximum atomic E-state index is 12.3. The lowest BCUT2D eigenvalue weighted by molar-refractivity contribution is -0.114. The van der Waals surface area contributed by atoms with Gasteiger partial charge in [-0.2, -0.15) is 11.3 Å². The molecule has 0 aliphatic carbocycles. The molecular formula is C19H17N3O2S. The van der Waals surface area contributed by atoms with Crippen LogP contribution in [0.25, 0.3) is 11.3 Å². The molecule has 5 nitrogen and oxygen atoms in total. The Balaban J connectivity index is 1.62. The maximum Gasteiger partial charge on any atom is 0.251 e. The van der Waals surface area contributed by atoms with Crippen molar-refractivity contribution < 1.29 is 9.59 Å². The van der Waals surface area contributed by atoms with Crippen LogP contribution in [0, 0.1) is 0 Å². The lowest BCUT2D eigenvalue weighted by Crippen LogP contribution is -2.22. The van der Waals surface area contributed by atoms with Gasteiger partial charge in [-0.25, -0.2) is 0 Å². The summed E-state index contributed by atoms with van der Waals surface area (Å²) in [4.78, 5) is 27.6. The molecule has 0 aliphatic heterocycles. The molecule has 0 radical (unpaired) electrons. The predicted octanol–water partition coefficient (Wildman–Crippen LogP) is 3.70. The van der Waals surface area contributed by atoms with Crippen LogP contribution < -0.4 is 10.6 Å². The zero-order chi connectivity index (χ0) is 17.6. The third-order valence-electron chi connectivity index (χ3n) is 3.56. The highest BCUT2D eigenvalue weighted by molar-refractivity contribution is 7.08. The summed E-state index contributed by atoms with van der Waals surface area (Å²) in [6, 6.07) is 12.7. The molecule has 25 heavy (non-hydrogen) atoms. The number of carbonyl (C=O) groups is 2. The minimum absolute atomic E-state index is 0.142. The first-order valence-electron chi connectivity index (χ1n) is 7.75. The van der Waals surface area contributed by atoms with E-state index in [0.717, 1.165) is 16.8 Å². The Bertz CT molecular complexity index is 874. The molecule has 0 spiro atoms. The second-order valence-electron chi connectivity index (χ2n) is 5.50. The fourth-order valence-electron chi connectivity index (χ4n) is 2.34. The quantitative estimate of drug-likeness (QED) is 0.736. The van der Waals surface area contributed by atoms with Crippen LogP contribution in [0.1, 0.15) is 22.8 Å². The summed E-state index contributed by atoms with van der Waals surface area (Å²) in [6.45, 7) is 1.87. The van der Waals surface area contributed by atoms with Gasteiger partial charge in [-0.3, -0.25) is 14.6 Å². The van der Waals surface area contributed by atoms with Gasteiger partial charge < -0.3 is 10.6 Å². The Morgan fingerprint density at radius 3 is 2.60 bits per heavy atom. The minimum atomic E-state index is -0.164. The number of carbonyl (C=O) groups excluding carboxylic acids is 2. The van der Waals surface area contributed by atoms with Crippen LogP contribution in [0.3, 0.4) is 0 Å². The average Bonchev–Trinajstić information content (AvgIpc) is 3.15. The van der Waals surface area contributed by atoms with Crippen molar-refractivity contribution >= 4 is 28.8 Å². The first-order chi connectivity index (χ1) is 12.1. The zero-order valence-electron chi connectivity index (χ0n) is 13.7. The van der Waals surface area contributed by atoms with Crippen molar-refractivity contribution in [1.29, 1.82) is 0 Å². The molecule has 2 N–H and O–H groups in total. The normalized spacial score (nSPS) is 10.3. The van der Waals surface area contributed by atoms with E-state index >= 15 is 0 Å². The van der Waals surface area contributed by atoms with Gasteiger partial charge in [0.1, 0.15) is 0 Å². The molecule has 126 valence electrons. The first-order valence-corrected chi connectivity index (χ1v) is 8.69. The van der Waals surface area contributed by atoms with E-state index in [4.69, 9.17) is 0 Å². The maximum absolute atomic E-state index is 12.3. The molecule has 0 fully saturated rings. The van der Waals surface area contributed by atoms with E-state index in [2.05, 4.69) is 15.6 Å². The summed E-state index contributed by atoms with van der Waals surface area (Å²) in [5.41, 5.74) is 4.17. The molecule has 2 heterocycles. The van der Waals surface area contributed by atoms with Crippen molar-refractivity contribution in [2.75, 3.05) is 5.32 Å². The Hall–Kier alpha value is -2.99. The number of pyridine rings is 1. The Morgan fingerprint density at radius 2 is 1.92 bits per heavy atom. The summed E-state index contributed by atoms with van der Waals surface area (Å²) in [6.07, 6.45) is 1.75. The summed E-state index contributed by atoms with van der Waals surface area (Å²) in [5.74, 6) is -0.306. The van der Waals surface area contributed by atoms with Crippen LogP contribution in [0.4, 0.5) is 5.69 Å². The standard InChI is InChI=1S/C19H17N3O2S/c1-13(23)22-17-4-2-15(3-5-17)19(24)21-11-14-6-8-20-18(10-14)16-7-9-25-12-16/h2-10,12H,11H2,1H3,(H,21,24)(H,22,23). The number of thiophene rings is 1. The fraction of sp³-hybridized carbons (Fsp3) is 0.105. The summed E-state index contributed by atoms with van der Waals surface area (Å²) >= 11 is 1.62. The van der Waals surface area contributed by atoms with E-state index in [-0.39, 0.29) is 11.8 Å². The van der Waals surface area contributed by atoms with Gasteiger partial charge in [0, 0.05) is 41.9 Å². The molecule has 0 atom stereocenters. The second-order valence-corrected chi connectivity index (χ2v) is 6.28. The van der Waals surface area contributed by atoms with E-state index in [9.17, 15) is 9.59 Å². The van der Waals surface area contributed by atoms with Crippen LogP contribution in [0.2, 0.25) is 0 Å². The van der Waals surface area contributed by atoms with E-state index in [1.807, 2.05) is 29.0 Å². The SMILES string of the molecule is CC(=O)Nc1ccc(C(=O)NCc2ccnc(-c3ccsc3)c2)cc1. The Labute approximate surface area is 149 Å². The zero-order valence-corrected chi connectivity index (χ0v) is 14.5.